The maximum Gasteiger partial charge on any atom is 0.125 e. The lowest BCUT2D eigenvalue weighted by molar-refractivity contribution is -0.0104. The van der Waals surface area contributed by atoms with Crippen LogP contribution in [0.3, 0.4) is 0 Å². The van der Waals surface area contributed by atoms with Crippen molar-refractivity contribution in [2.75, 3.05) is 0 Å². The van der Waals surface area contributed by atoms with Gasteiger partial charge in [-0.05, 0) is 25.3 Å². The third-order valence-electron chi connectivity index (χ3n) is 3.68. The van der Waals surface area contributed by atoms with Crippen LogP contribution in [0.25, 0.3) is 0 Å². The highest BCUT2D eigenvalue weighted by molar-refractivity contribution is 5.37. The number of aliphatic hydroxyl groups excluding tert-OH is 1. The number of rotatable bonds is 2. The van der Waals surface area contributed by atoms with Crippen molar-refractivity contribution in [3.63, 3.8) is 0 Å². The Morgan fingerprint density at radius 3 is 2.88 bits per heavy atom. The molecule has 2 heteroatoms. The molecule has 1 unspecified atom stereocenters. The first-order chi connectivity index (χ1) is 7.66. The number of para-hydroxylation sites is 1. The summed E-state index contributed by atoms with van der Waals surface area (Å²) in [4.78, 5) is 0. The van der Waals surface area contributed by atoms with E-state index in [0.29, 0.717) is 0 Å². The molecule has 1 fully saturated rings. The molecule has 1 heterocycles. The fourth-order valence-electron chi connectivity index (χ4n) is 2.73. The molecule has 1 N–H and O–H groups in total. The van der Waals surface area contributed by atoms with Gasteiger partial charge in [0.15, 0.2) is 0 Å². The Hall–Kier alpha value is -1.02. The highest BCUT2D eigenvalue weighted by atomic mass is 16.5. The maximum atomic E-state index is 10.2. The summed E-state index contributed by atoms with van der Waals surface area (Å²) in [5.41, 5.74) is 0.769. The van der Waals surface area contributed by atoms with Crippen LogP contribution < -0.4 is 4.74 Å². The first-order valence-electron chi connectivity index (χ1n) is 6.12. The summed E-state index contributed by atoms with van der Waals surface area (Å²) in [7, 11) is 0. The van der Waals surface area contributed by atoms with Gasteiger partial charge in [-0.3, -0.25) is 0 Å². The van der Waals surface area contributed by atoms with Gasteiger partial charge >= 0.3 is 0 Å². The van der Waals surface area contributed by atoms with Crippen LogP contribution in [0.4, 0.5) is 0 Å². The third kappa shape index (κ3) is 1.82. The van der Waals surface area contributed by atoms with Gasteiger partial charge in [-0.2, -0.15) is 0 Å². The molecule has 1 saturated carbocycles. The normalized spacial score (nSPS) is 33.0. The van der Waals surface area contributed by atoms with Crippen molar-refractivity contribution in [3.8, 4) is 5.75 Å². The lowest BCUT2D eigenvalue weighted by Crippen LogP contribution is -2.38. The molecule has 0 spiro atoms. The van der Waals surface area contributed by atoms with Gasteiger partial charge in [0, 0.05) is 12.0 Å². The predicted molar refractivity (Wildman–Crippen MR) is 62.4 cm³/mol. The Balaban J connectivity index is 1.87. The fraction of sp³-hybridized carbons (Fsp3) is 0.571. The topological polar surface area (TPSA) is 29.5 Å². The summed E-state index contributed by atoms with van der Waals surface area (Å²) in [5.74, 6) is 1.69. The lowest BCUT2D eigenvalue weighted by Gasteiger charge is -2.38. The van der Waals surface area contributed by atoms with Crippen molar-refractivity contribution < 1.29 is 9.84 Å². The van der Waals surface area contributed by atoms with Crippen molar-refractivity contribution >= 4 is 0 Å². The van der Waals surface area contributed by atoms with Crippen LogP contribution in [-0.2, 0) is 0 Å². The minimum atomic E-state index is -0.367. The van der Waals surface area contributed by atoms with Gasteiger partial charge < -0.3 is 9.84 Å². The van der Waals surface area contributed by atoms with Crippen LogP contribution in [0.1, 0.15) is 44.3 Å². The summed E-state index contributed by atoms with van der Waals surface area (Å²) >= 11 is 0. The maximum absolute atomic E-state index is 10.2. The molecule has 1 aromatic carbocycles. The SMILES string of the molecule is CC1(CC2CC2)C[C@@H](O)c2ccccc2O1. The zero-order chi connectivity index (χ0) is 11.2. The Morgan fingerprint density at radius 2 is 2.12 bits per heavy atom. The van der Waals surface area contributed by atoms with E-state index < -0.39 is 0 Å². The molecule has 0 amide bonds. The summed E-state index contributed by atoms with van der Waals surface area (Å²) in [6.07, 6.45) is 4.10. The van der Waals surface area contributed by atoms with E-state index in [1.807, 2.05) is 24.3 Å². The zero-order valence-electron chi connectivity index (χ0n) is 9.65. The van der Waals surface area contributed by atoms with Crippen molar-refractivity contribution in [2.24, 2.45) is 5.92 Å². The number of hydrogen-bond acceptors (Lipinski definition) is 2. The van der Waals surface area contributed by atoms with Crippen LogP contribution in [0.15, 0.2) is 24.3 Å². The van der Waals surface area contributed by atoms with Crippen molar-refractivity contribution in [2.45, 2.75) is 44.3 Å². The molecule has 86 valence electrons. The van der Waals surface area contributed by atoms with Gasteiger partial charge in [0.25, 0.3) is 0 Å². The van der Waals surface area contributed by atoms with Crippen molar-refractivity contribution in [1.29, 1.82) is 0 Å². The van der Waals surface area contributed by atoms with E-state index in [1.54, 1.807) is 0 Å². The highest BCUT2D eigenvalue weighted by Gasteiger charge is 2.40. The molecule has 1 aliphatic heterocycles. The Bertz CT molecular complexity index is 397. The van der Waals surface area contributed by atoms with Crippen molar-refractivity contribution in [1.82, 2.24) is 0 Å². The number of fused-ring (bicyclic) bond motifs is 1. The standard InChI is InChI=1S/C14H18O2/c1-14(8-10-6-7-10)9-12(15)11-4-2-3-5-13(11)16-14/h2-5,10,12,15H,6-9H2,1H3/t12-,14?/m1/s1. The first-order valence-corrected chi connectivity index (χ1v) is 6.12. The summed E-state index contributed by atoms with van der Waals surface area (Å²) < 4.78 is 6.08. The number of hydrogen-bond donors (Lipinski definition) is 1. The Kier molecular flexibility index (Phi) is 2.21. The molecule has 2 atom stereocenters. The van der Waals surface area contributed by atoms with Crippen LogP contribution in [0.2, 0.25) is 0 Å². The highest BCUT2D eigenvalue weighted by Crippen LogP contribution is 2.46. The molecule has 2 nitrogen and oxygen atoms in total. The first kappa shape index (κ1) is 10.2. The number of benzene rings is 1. The van der Waals surface area contributed by atoms with Crippen LogP contribution >= 0.6 is 0 Å². The van der Waals surface area contributed by atoms with E-state index in [9.17, 15) is 5.11 Å². The zero-order valence-corrected chi connectivity index (χ0v) is 9.65. The third-order valence-corrected chi connectivity index (χ3v) is 3.68. The molecule has 3 rings (SSSR count). The van der Waals surface area contributed by atoms with Crippen LogP contribution in [-0.4, -0.2) is 10.7 Å². The van der Waals surface area contributed by atoms with E-state index in [1.165, 1.54) is 12.8 Å². The molecule has 2 aliphatic rings. The van der Waals surface area contributed by atoms with Gasteiger partial charge in [0.05, 0.1) is 6.10 Å². The van der Waals surface area contributed by atoms with E-state index in [2.05, 4.69) is 6.92 Å². The Labute approximate surface area is 96.2 Å². The quantitative estimate of drug-likeness (QED) is 0.826. The van der Waals surface area contributed by atoms with Crippen LogP contribution in [0, 0.1) is 5.92 Å². The van der Waals surface area contributed by atoms with E-state index in [-0.39, 0.29) is 11.7 Å². The monoisotopic (exact) mass is 218 g/mol. The minimum absolute atomic E-state index is 0.172. The summed E-state index contributed by atoms with van der Waals surface area (Å²) in [5, 5.41) is 10.2. The summed E-state index contributed by atoms with van der Waals surface area (Å²) in [6.45, 7) is 2.13. The number of ether oxygens (including phenoxy) is 1. The largest absolute Gasteiger partial charge is 0.487 e. The van der Waals surface area contributed by atoms with Gasteiger partial charge in [-0.1, -0.05) is 31.0 Å². The molecule has 0 bridgehead atoms. The average Bonchev–Trinajstić information content (AvgIpc) is 3.00. The molecule has 0 saturated heterocycles. The Morgan fingerprint density at radius 1 is 1.38 bits per heavy atom. The number of aliphatic hydroxyl groups is 1. The molecular weight excluding hydrogens is 200 g/mol. The van der Waals surface area contributed by atoms with E-state index >= 15 is 0 Å². The average molecular weight is 218 g/mol. The second kappa shape index (κ2) is 3.49. The molecule has 1 aromatic rings. The predicted octanol–water partition coefficient (Wildman–Crippen LogP) is 3.06. The minimum Gasteiger partial charge on any atom is -0.487 e. The molecule has 1 aliphatic carbocycles. The van der Waals surface area contributed by atoms with Crippen LogP contribution in [0.5, 0.6) is 5.75 Å². The van der Waals surface area contributed by atoms with Gasteiger partial charge in [0.2, 0.25) is 0 Å². The van der Waals surface area contributed by atoms with Crippen molar-refractivity contribution in [3.05, 3.63) is 29.8 Å². The smallest absolute Gasteiger partial charge is 0.125 e. The second-order valence-corrected chi connectivity index (χ2v) is 5.46. The lowest BCUT2D eigenvalue weighted by atomic mass is 9.86. The fourth-order valence-corrected chi connectivity index (χ4v) is 2.73. The molecular formula is C14H18O2. The van der Waals surface area contributed by atoms with E-state index in [0.717, 1.165) is 30.1 Å². The van der Waals surface area contributed by atoms with Gasteiger partial charge in [-0.15, -0.1) is 0 Å². The molecule has 16 heavy (non-hydrogen) atoms. The van der Waals surface area contributed by atoms with Gasteiger partial charge in [-0.25, -0.2) is 0 Å². The summed E-state index contributed by atoms with van der Waals surface area (Å²) in [6, 6.07) is 7.84. The van der Waals surface area contributed by atoms with E-state index in [4.69, 9.17) is 4.74 Å². The van der Waals surface area contributed by atoms with Gasteiger partial charge in [0.1, 0.15) is 11.4 Å². The molecule has 0 radical (unpaired) electrons. The molecule has 0 aromatic heterocycles. The second-order valence-electron chi connectivity index (χ2n) is 5.46.